The monoisotopic (exact) mass is 335 g/mol. The third kappa shape index (κ3) is 4.99. The predicted octanol–water partition coefficient (Wildman–Crippen LogP) is 0.875. The summed E-state index contributed by atoms with van der Waals surface area (Å²) in [5, 5.41) is 5.52. The van der Waals surface area contributed by atoms with Gasteiger partial charge in [-0.1, -0.05) is 12.1 Å². The molecule has 0 atom stereocenters. The second-order valence-electron chi connectivity index (χ2n) is 5.58. The quantitative estimate of drug-likeness (QED) is 0.783. The predicted molar refractivity (Wildman–Crippen MR) is 89.4 cm³/mol. The molecule has 7 heteroatoms. The van der Waals surface area contributed by atoms with Gasteiger partial charge in [-0.3, -0.25) is 14.4 Å². The maximum Gasteiger partial charge on any atom is 0.255 e. The number of piperazine rings is 1. The maximum absolute atomic E-state index is 12.6. The van der Waals surface area contributed by atoms with Gasteiger partial charge in [0.1, 0.15) is 0 Å². The molecule has 1 heterocycles. The Morgan fingerprint density at radius 3 is 2.78 bits per heavy atom. The van der Waals surface area contributed by atoms with Crippen LogP contribution < -0.4 is 10.6 Å². The summed E-state index contributed by atoms with van der Waals surface area (Å²) in [5.41, 5.74) is 0.532. The van der Waals surface area contributed by atoms with Crippen molar-refractivity contribution in [2.75, 3.05) is 25.4 Å². The summed E-state index contributed by atoms with van der Waals surface area (Å²) in [6.45, 7) is 4.85. The lowest BCUT2D eigenvalue weighted by Crippen LogP contribution is -2.50. The first kappa shape index (κ1) is 17.3. The first-order chi connectivity index (χ1) is 11.0. The van der Waals surface area contributed by atoms with Crippen LogP contribution in [0.15, 0.2) is 29.2 Å². The Balaban J connectivity index is 2.06. The standard InChI is InChI=1S/C16H21N3O3S/c1-11(2)18-15(21)10-23-13-6-4-3-5-12(13)16(22)19-8-7-17-14(20)9-19/h3-6,11H,7-10H2,1-2H3,(H,17,20)(H,18,21). The number of carbonyl (C=O) groups is 3. The highest BCUT2D eigenvalue weighted by atomic mass is 32.2. The van der Waals surface area contributed by atoms with Gasteiger partial charge < -0.3 is 15.5 Å². The van der Waals surface area contributed by atoms with Gasteiger partial charge in [-0.05, 0) is 26.0 Å². The van der Waals surface area contributed by atoms with Crippen LogP contribution in [0.4, 0.5) is 0 Å². The van der Waals surface area contributed by atoms with E-state index in [2.05, 4.69) is 10.6 Å². The largest absolute Gasteiger partial charge is 0.353 e. The van der Waals surface area contributed by atoms with E-state index >= 15 is 0 Å². The molecule has 124 valence electrons. The van der Waals surface area contributed by atoms with Crippen LogP contribution in [0.2, 0.25) is 0 Å². The first-order valence-corrected chi connectivity index (χ1v) is 8.53. The van der Waals surface area contributed by atoms with Crippen LogP contribution in [-0.2, 0) is 9.59 Å². The van der Waals surface area contributed by atoms with Crippen LogP contribution in [0.5, 0.6) is 0 Å². The van der Waals surface area contributed by atoms with E-state index in [9.17, 15) is 14.4 Å². The molecular formula is C16H21N3O3S. The van der Waals surface area contributed by atoms with Crippen molar-refractivity contribution in [2.24, 2.45) is 0 Å². The zero-order chi connectivity index (χ0) is 16.8. The molecule has 23 heavy (non-hydrogen) atoms. The zero-order valence-corrected chi connectivity index (χ0v) is 14.1. The summed E-state index contributed by atoms with van der Waals surface area (Å²) in [6.07, 6.45) is 0. The van der Waals surface area contributed by atoms with Gasteiger partial charge in [0.15, 0.2) is 0 Å². The molecule has 6 nitrogen and oxygen atoms in total. The number of nitrogens with one attached hydrogen (secondary N) is 2. The van der Waals surface area contributed by atoms with Gasteiger partial charge in [0, 0.05) is 24.0 Å². The van der Waals surface area contributed by atoms with Crippen molar-refractivity contribution in [3.05, 3.63) is 29.8 Å². The average Bonchev–Trinajstić information content (AvgIpc) is 2.52. The van der Waals surface area contributed by atoms with Crippen molar-refractivity contribution in [1.82, 2.24) is 15.5 Å². The molecule has 0 saturated carbocycles. The van der Waals surface area contributed by atoms with E-state index in [1.807, 2.05) is 26.0 Å². The van der Waals surface area contributed by atoms with Crippen molar-refractivity contribution in [2.45, 2.75) is 24.8 Å². The molecule has 1 aromatic carbocycles. The summed E-state index contributed by atoms with van der Waals surface area (Å²) in [4.78, 5) is 38.1. The maximum atomic E-state index is 12.6. The zero-order valence-electron chi connectivity index (χ0n) is 13.3. The SMILES string of the molecule is CC(C)NC(=O)CSc1ccccc1C(=O)N1CCNC(=O)C1. The Hall–Kier alpha value is -2.02. The van der Waals surface area contributed by atoms with Crippen LogP contribution in [0.3, 0.4) is 0 Å². The van der Waals surface area contributed by atoms with Crippen LogP contribution in [0, 0.1) is 0 Å². The van der Waals surface area contributed by atoms with Crippen LogP contribution in [0.1, 0.15) is 24.2 Å². The molecule has 1 saturated heterocycles. The van der Waals surface area contributed by atoms with Crippen molar-refractivity contribution in [1.29, 1.82) is 0 Å². The Labute approximate surface area is 140 Å². The van der Waals surface area contributed by atoms with Crippen LogP contribution in [-0.4, -0.2) is 54.1 Å². The third-order valence-electron chi connectivity index (χ3n) is 3.25. The second-order valence-corrected chi connectivity index (χ2v) is 6.60. The molecule has 0 spiro atoms. The highest BCUT2D eigenvalue weighted by Crippen LogP contribution is 2.24. The minimum atomic E-state index is -0.174. The Morgan fingerprint density at radius 1 is 1.35 bits per heavy atom. The number of thioether (sulfide) groups is 1. The fraction of sp³-hybridized carbons (Fsp3) is 0.438. The first-order valence-electron chi connectivity index (χ1n) is 7.54. The number of benzene rings is 1. The summed E-state index contributed by atoms with van der Waals surface area (Å²) in [5.74, 6) is -0.133. The lowest BCUT2D eigenvalue weighted by molar-refractivity contribution is -0.123. The van der Waals surface area contributed by atoms with E-state index in [0.717, 1.165) is 4.90 Å². The fourth-order valence-electron chi connectivity index (χ4n) is 2.26. The molecule has 1 aliphatic heterocycles. The Morgan fingerprint density at radius 2 is 2.09 bits per heavy atom. The number of hydrogen-bond donors (Lipinski definition) is 2. The molecule has 3 amide bonds. The molecule has 0 aliphatic carbocycles. The van der Waals surface area contributed by atoms with Gasteiger partial charge in [0.05, 0.1) is 17.9 Å². The van der Waals surface area contributed by atoms with Crippen molar-refractivity contribution in [3.63, 3.8) is 0 Å². The molecule has 1 aromatic rings. The third-order valence-corrected chi connectivity index (χ3v) is 4.32. The number of hydrogen-bond acceptors (Lipinski definition) is 4. The van der Waals surface area contributed by atoms with Gasteiger partial charge in [-0.2, -0.15) is 0 Å². The van der Waals surface area contributed by atoms with Crippen LogP contribution in [0.25, 0.3) is 0 Å². The summed E-state index contributed by atoms with van der Waals surface area (Å²) in [6, 6.07) is 7.27. The highest BCUT2D eigenvalue weighted by Gasteiger charge is 2.24. The van der Waals surface area contributed by atoms with Gasteiger partial charge in [-0.15, -0.1) is 11.8 Å². The number of nitrogens with zero attached hydrogens (tertiary/aromatic N) is 1. The molecule has 1 fully saturated rings. The van der Waals surface area contributed by atoms with Gasteiger partial charge >= 0.3 is 0 Å². The van der Waals surface area contributed by atoms with Crippen molar-refractivity contribution < 1.29 is 14.4 Å². The molecule has 0 aromatic heterocycles. The van der Waals surface area contributed by atoms with E-state index in [0.29, 0.717) is 18.7 Å². The fourth-order valence-corrected chi connectivity index (χ4v) is 3.11. The lowest BCUT2D eigenvalue weighted by atomic mass is 10.2. The molecule has 1 aliphatic rings. The van der Waals surface area contributed by atoms with Gasteiger partial charge in [0.25, 0.3) is 5.91 Å². The van der Waals surface area contributed by atoms with Crippen molar-refractivity contribution in [3.8, 4) is 0 Å². The number of rotatable bonds is 5. The molecular weight excluding hydrogens is 314 g/mol. The van der Waals surface area contributed by atoms with E-state index in [1.165, 1.54) is 16.7 Å². The van der Waals surface area contributed by atoms with Gasteiger partial charge in [-0.25, -0.2) is 0 Å². The summed E-state index contributed by atoms with van der Waals surface area (Å²) < 4.78 is 0. The van der Waals surface area contributed by atoms with E-state index in [1.54, 1.807) is 12.1 Å². The minimum Gasteiger partial charge on any atom is -0.353 e. The lowest BCUT2D eigenvalue weighted by Gasteiger charge is -2.27. The Kier molecular flexibility index (Phi) is 6.04. The van der Waals surface area contributed by atoms with Crippen LogP contribution >= 0.6 is 11.8 Å². The van der Waals surface area contributed by atoms with Crippen molar-refractivity contribution >= 4 is 29.5 Å². The minimum absolute atomic E-state index is 0.0652. The Bertz CT molecular complexity index is 604. The normalized spacial score (nSPS) is 14.6. The van der Waals surface area contributed by atoms with E-state index in [4.69, 9.17) is 0 Å². The number of carbonyl (C=O) groups excluding carboxylic acids is 3. The summed E-state index contributed by atoms with van der Waals surface area (Å²) in [7, 11) is 0. The molecule has 2 rings (SSSR count). The van der Waals surface area contributed by atoms with Gasteiger partial charge in [0.2, 0.25) is 11.8 Å². The highest BCUT2D eigenvalue weighted by molar-refractivity contribution is 8.00. The smallest absolute Gasteiger partial charge is 0.255 e. The average molecular weight is 335 g/mol. The van der Waals surface area contributed by atoms with E-state index < -0.39 is 0 Å². The molecule has 0 bridgehead atoms. The number of amides is 3. The topological polar surface area (TPSA) is 78.5 Å². The van der Waals surface area contributed by atoms with E-state index in [-0.39, 0.29) is 36.1 Å². The second kappa shape index (κ2) is 8.01. The molecule has 2 N–H and O–H groups in total. The molecule has 0 radical (unpaired) electrons. The summed E-state index contributed by atoms with van der Waals surface area (Å²) >= 11 is 1.33. The molecule has 0 unspecified atom stereocenters.